The van der Waals surface area contributed by atoms with Crippen molar-refractivity contribution in [1.82, 2.24) is 0 Å². The van der Waals surface area contributed by atoms with Gasteiger partial charge in [-0.1, -0.05) is 6.92 Å². The van der Waals surface area contributed by atoms with Crippen LogP contribution in [0.1, 0.15) is 13.3 Å². The molecule has 2 heterocycles. The average Bonchev–Trinajstić information content (AvgIpc) is 2.90. The van der Waals surface area contributed by atoms with E-state index >= 15 is 0 Å². The molecule has 10 nitrogen and oxygen atoms in total. The van der Waals surface area contributed by atoms with Gasteiger partial charge < -0.3 is 44.8 Å². The topological polar surface area (TPSA) is 166 Å². The molecule has 1 aliphatic carbocycles. The van der Waals surface area contributed by atoms with Crippen molar-refractivity contribution in [2.24, 2.45) is 17.8 Å². The van der Waals surface area contributed by atoms with Crippen molar-refractivity contribution in [3.8, 4) is 0 Å². The van der Waals surface area contributed by atoms with Crippen LogP contribution in [0.4, 0.5) is 0 Å². The van der Waals surface area contributed by atoms with Gasteiger partial charge in [0.25, 0.3) is 0 Å². The Hall–Kier alpha value is -1.27. The lowest BCUT2D eigenvalue weighted by atomic mass is 9.83. The van der Waals surface area contributed by atoms with E-state index in [-0.39, 0.29) is 17.9 Å². The van der Waals surface area contributed by atoms with Crippen molar-refractivity contribution >= 4 is 5.97 Å². The summed E-state index contributed by atoms with van der Waals surface area (Å²) in [7, 11) is 0. The van der Waals surface area contributed by atoms with Gasteiger partial charge in [-0.05, 0) is 12.3 Å². The van der Waals surface area contributed by atoms with E-state index in [1.54, 1.807) is 6.92 Å². The summed E-state index contributed by atoms with van der Waals surface area (Å²) in [6.45, 7) is 1.15. The van der Waals surface area contributed by atoms with Crippen molar-refractivity contribution in [3.05, 3.63) is 11.8 Å². The molecule has 0 aromatic rings. The van der Waals surface area contributed by atoms with Gasteiger partial charge in [0.2, 0.25) is 6.29 Å². The lowest BCUT2D eigenvalue weighted by molar-refractivity contribution is -0.342. The highest BCUT2D eigenvalue weighted by Gasteiger charge is 2.53. The summed E-state index contributed by atoms with van der Waals surface area (Å²) in [5.41, 5.74) is 0.0343. The minimum absolute atomic E-state index is 0.0343. The Kier molecular flexibility index (Phi) is 5.54. The van der Waals surface area contributed by atoms with E-state index in [0.29, 0.717) is 0 Å². The molecule has 1 saturated heterocycles. The summed E-state index contributed by atoms with van der Waals surface area (Å²) in [5.74, 6) is -2.49. The zero-order valence-corrected chi connectivity index (χ0v) is 14.1. The second kappa shape index (κ2) is 7.39. The van der Waals surface area contributed by atoms with E-state index in [4.69, 9.17) is 14.2 Å². The molecule has 3 rings (SSSR count). The molecule has 2 aliphatic heterocycles. The molecule has 0 bridgehead atoms. The largest absolute Gasteiger partial charge is 0.478 e. The number of aliphatic carboxylic acids is 1. The van der Waals surface area contributed by atoms with Crippen molar-refractivity contribution in [2.75, 3.05) is 6.61 Å². The SMILES string of the molecule is C[C@@H]1[C@H]2[C@H](OC3OC(CO)C(O)C(O)C3O)OC=C(C(=O)O)[C@H]2C[C@@H]1O. The molecule has 10 heteroatoms. The zero-order chi connectivity index (χ0) is 19.2. The van der Waals surface area contributed by atoms with Crippen LogP contribution in [0, 0.1) is 17.8 Å². The van der Waals surface area contributed by atoms with Crippen LogP contribution in [0.15, 0.2) is 11.8 Å². The minimum Gasteiger partial charge on any atom is -0.478 e. The highest BCUT2D eigenvalue weighted by molar-refractivity contribution is 5.87. The maximum Gasteiger partial charge on any atom is 0.334 e. The number of carboxylic acids is 1. The third-order valence-corrected chi connectivity index (χ3v) is 5.58. The second-order valence-electron chi connectivity index (χ2n) is 7.06. The number of ether oxygens (including phenoxy) is 3. The fourth-order valence-corrected chi connectivity index (χ4v) is 3.99. The molecule has 148 valence electrons. The summed E-state index contributed by atoms with van der Waals surface area (Å²) in [6.07, 6.45) is -7.71. The first-order valence-corrected chi connectivity index (χ1v) is 8.49. The Labute approximate surface area is 149 Å². The Morgan fingerprint density at radius 2 is 1.88 bits per heavy atom. The average molecular weight is 376 g/mol. The van der Waals surface area contributed by atoms with Gasteiger partial charge in [-0.3, -0.25) is 0 Å². The lowest BCUT2D eigenvalue weighted by Crippen LogP contribution is -2.60. The van der Waals surface area contributed by atoms with Gasteiger partial charge in [0.05, 0.1) is 24.5 Å². The predicted molar refractivity (Wildman–Crippen MR) is 82.2 cm³/mol. The molecule has 0 aromatic carbocycles. The normalized spacial score (nSPS) is 48.5. The molecule has 0 radical (unpaired) electrons. The number of hydrogen-bond acceptors (Lipinski definition) is 9. The van der Waals surface area contributed by atoms with Crippen LogP contribution in [0.3, 0.4) is 0 Å². The van der Waals surface area contributed by atoms with Crippen LogP contribution in [0.25, 0.3) is 0 Å². The molecule has 10 atom stereocenters. The number of hydrogen-bond donors (Lipinski definition) is 6. The summed E-state index contributed by atoms with van der Waals surface area (Å²) in [4.78, 5) is 11.4. The molecule has 1 saturated carbocycles. The Morgan fingerprint density at radius 3 is 2.50 bits per heavy atom. The molecule has 3 aliphatic rings. The molecule has 6 N–H and O–H groups in total. The number of carbonyl (C=O) groups is 1. The summed E-state index contributed by atoms with van der Waals surface area (Å²) in [6, 6.07) is 0. The lowest BCUT2D eigenvalue weighted by Gasteiger charge is -2.43. The van der Waals surface area contributed by atoms with Crippen LogP contribution >= 0.6 is 0 Å². The summed E-state index contributed by atoms with van der Waals surface area (Å²) in [5, 5.41) is 58.5. The van der Waals surface area contributed by atoms with E-state index in [1.807, 2.05) is 0 Å². The van der Waals surface area contributed by atoms with Crippen LogP contribution in [0.2, 0.25) is 0 Å². The van der Waals surface area contributed by atoms with Crippen molar-refractivity contribution in [2.45, 2.75) is 56.4 Å². The zero-order valence-electron chi connectivity index (χ0n) is 14.1. The van der Waals surface area contributed by atoms with Gasteiger partial charge in [0, 0.05) is 11.8 Å². The number of aliphatic hydroxyl groups excluding tert-OH is 5. The number of aliphatic hydroxyl groups is 5. The third kappa shape index (κ3) is 3.22. The smallest absolute Gasteiger partial charge is 0.334 e. The maximum atomic E-state index is 11.4. The second-order valence-corrected chi connectivity index (χ2v) is 7.06. The first-order chi connectivity index (χ1) is 12.3. The van der Waals surface area contributed by atoms with Crippen LogP contribution < -0.4 is 0 Å². The van der Waals surface area contributed by atoms with Crippen LogP contribution in [-0.2, 0) is 19.0 Å². The van der Waals surface area contributed by atoms with E-state index < -0.39 is 67.5 Å². The van der Waals surface area contributed by atoms with E-state index in [9.17, 15) is 35.4 Å². The first kappa shape index (κ1) is 19.5. The van der Waals surface area contributed by atoms with Crippen LogP contribution in [-0.4, -0.2) is 86.3 Å². The summed E-state index contributed by atoms with van der Waals surface area (Å²) < 4.78 is 16.3. The highest BCUT2D eigenvalue weighted by Crippen LogP contribution is 2.47. The third-order valence-electron chi connectivity index (χ3n) is 5.58. The van der Waals surface area contributed by atoms with Crippen molar-refractivity contribution in [3.63, 3.8) is 0 Å². The maximum absolute atomic E-state index is 11.4. The minimum atomic E-state index is -1.60. The van der Waals surface area contributed by atoms with E-state index in [1.165, 1.54) is 0 Å². The van der Waals surface area contributed by atoms with Crippen LogP contribution in [0.5, 0.6) is 0 Å². The number of fused-ring (bicyclic) bond motifs is 1. The van der Waals surface area contributed by atoms with Gasteiger partial charge in [-0.25, -0.2) is 4.79 Å². The van der Waals surface area contributed by atoms with E-state index in [0.717, 1.165) is 6.26 Å². The molecule has 0 spiro atoms. The molecule has 5 unspecified atom stereocenters. The fraction of sp³-hybridized carbons (Fsp3) is 0.812. The fourth-order valence-electron chi connectivity index (χ4n) is 3.99. The Morgan fingerprint density at radius 1 is 1.19 bits per heavy atom. The predicted octanol–water partition coefficient (Wildman–Crippen LogP) is -2.24. The first-order valence-electron chi connectivity index (χ1n) is 8.49. The number of carboxylic acid groups (broad SMARTS) is 1. The molecular weight excluding hydrogens is 352 g/mol. The van der Waals surface area contributed by atoms with Gasteiger partial charge >= 0.3 is 5.97 Å². The molecule has 0 aromatic heterocycles. The molecule has 26 heavy (non-hydrogen) atoms. The quantitative estimate of drug-likeness (QED) is 0.316. The van der Waals surface area contributed by atoms with Crippen molar-refractivity contribution in [1.29, 1.82) is 0 Å². The van der Waals surface area contributed by atoms with Gasteiger partial charge in [0.15, 0.2) is 6.29 Å². The Balaban J connectivity index is 1.79. The van der Waals surface area contributed by atoms with Gasteiger partial charge in [-0.2, -0.15) is 0 Å². The van der Waals surface area contributed by atoms with Gasteiger partial charge in [-0.15, -0.1) is 0 Å². The standard InChI is InChI=1S/C16H24O10/c1-5-8(18)2-6-7(14(22)23)4-24-15(10(5)6)26-16-13(21)12(20)11(19)9(3-17)25-16/h4-6,8-13,15-21H,2-3H2,1H3,(H,22,23)/t5-,6+,8-,9?,10+,11?,12?,13?,15-,16?/m0/s1. The Bertz CT molecular complexity index is 563. The van der Waals surface area contributed by atoms with Gasteiger partial charge in [0.1, 0.15) is 24.4 Å². The monoisotopic (exact) mass is 376 g/mol. The van der Waals surface area contributed by atoms with E-state index in [2.05, 4.69) is 0 Å². The highest BCUT2D eigenvalue weighted by atomic mass is 16.8. The number of rotatable bonds is 4. The van der Waals surface area contributed by atoms with Crippen molar-refractivity contribution < 1.29 is 49.6 Å². The molecular formula is C16H24O10. The molecule has 0 amide bonds. The summed E-state index contributed by atoms with van der Waals surface area (Å²) >= 11 is 0. The molecule has 2 fully saturated rings.